The number of benzene rings is 1. The van der Waals surface area contributed by atoms with Gasteiger partial charge in [0.15, 0.2) is 0 Å². The molecule has 1 aromatic rings. The number of nitrogens with one attached hydrogen (secondary N) is 1. The summed E-state index contributed by atoms with van der Waals surface area (Å²) in [6, 6.07) is 2.28. The molecule has 7 heteroatoms. The number of rotatable bonds is 4. The fraction of sp³-hybridized carbons (Fsp3) is 0.538. The molecule has 2 rings (SSSR count). The van der Waals surface area contributed by atoms with Gasteiger partial charge in [0.05, 0.1) is 4.90 Å². The van der Waals surface area contributed by atoms with Crippen molar-refractivity contribution in [2.45, 2.75) is 24.7 Å². The van der Waals surface area contributed by atoms with Crippen LogP contribution < -0.4 is 10.5 Å². The van der Waals surface area contributed by atoms with Gasteiger partial charge < -0.3 is 10.5 Å². The van der Waals surface area contributed by atoms with E-state index in [0.717, 1.165) is 18.9 Å². The molecular weight excluding hydrogens is 283 g/mol. The molecule has 0 aliphatic carbocycles. The molecule has 1 heterocycles. The molecule has 1 aromatic carbocycles. The van der Waals surface area contributed by atoms with Crippen molar-refractivity contribution in [1.29, 1.82) is 0 Å². The molecular formula is C13H19FN2O3S. The summed E-state index contributed by atoms with van der Waals surface area (Å²) in [5.74, 6) is -0.359. The van der Waals surface area contributed by atoms with Gasteiger partial charge in [-0.3, -0.25) is 0 Å². The normalized spacial score (nSPS) is 17.3. The van der Waals surface area contributed by atoms with Crippen LogP contribution in [0.4, 0.5) is 10.1 Å². The lowest BCUT2D eigenvalue weighted by atomic mass is 10.0. The van der Waals surface area contributed by atoms with Crippen LogP contribution in [0.25, 0.3) is 0 Å². The molecule has 0 saturated carbocycles. The topological polar surface area (TPSA) is 81.4 Å². The third-order valence-electron chi connectivity index (χ3n) is 3.57. The molecule has 1 fully saturated rings. The van der Waals surface area contributed by atoms with E-state index >= 15 is 0 Å². The van der Waals surface area contributed by atoms with Gasteiger partial charge in [0, 0.05) is 31.0 Å². The molecule has 20 heavy (non-hydrogen) atoms. The lowest BCUT2D eigenvalue weighted by Gasteiger charge is -2.22. The Hall–Kier alpha value is -1.18. The maximum absolute atomic E-state index is 13.6. The van der Waals surface area contributed by atoms with Crippen LogP contribution >= 0.6 is 0 Å². The Balaban J connectivity index is 2.10. The second kappa shape index (κ2) is 6.07. The molecule has 3 N–H and O–H groups in total. The molecule has 5 nitrogen and oxygen atoms in total. The Bertz CT molecular complexity index is 560. The summed E-state index contributed by atoms with van der Waals surface area (Å²) < 4.78 is 45.6. The van der Waals surface area contributed by atoms with Gasteiger partial charge in [-0.15, -0.1) is 0 Å². The molecule has 0 aromatic heterocycles. The van der Waals surface area contributed by atoms with E-state index in [1.165, 1.54) is 13.0 Å². The summed E-state index contributed by atoms with van der Waals surface area (Å²) in [4.78, 5) is -0.134. The monoisotopic (exact) mass is 302 g/mol. The standard InChI is InChI=1S/C13H19FN2O3S/c1-9-12(14)6-11(7-13(9)15)20(17,18)16-8-10-2-4-19-5-3-10/h6-7,10,16H,2-5,8,15H2,1H3. The Kier molecular flexibility index (Phi) is 4.62. The van der Waals surface area contributed by atoms with Gasteiger partial charge in [-0.2, -0.15) is 0 Å². The highest BCUT2D eigenvalue weighted by atomic mass is 32.2. The van der Waals surface area contributed by atoms with Crippen molar-refractivity contribution < 1.29 is 17.5 Å². The molecule has 0 unspecified atom stereocenters. The zero-order valence-electron chi connectivity index (χ0n) is 11.4. The second-order valence-corrected chi connectivity index (χ2v) is 6.79. The number of ether oxygens (including phenoxy) is 1. The first-order valence-corrected chi connectivity index (χ1v) is 8.01. The van der Waals surface area contributed by atoms with Crippen LogP contribution in [0.2, 0.25) is 0 Å². The maximum atomic E-state index is 13.6. The van der Waals surface area contributed by atoms with Crippen LogP contribution in [0.5, 0.6) is 0 Å². The predicted molar refractivity (Wildman–Crippen MR) is 74.3 cm³/mol. The summed E-state index contributed by atoms with van der Waals surface area (Å²) in [6.07, 6.45) is 1.65. The minimum Gasteiger partial charge on any atom is -0.398 e. The minimum absolute atomic E-state index is 0.134. The average molecular weight is 302 g/mol. The van der Waals surface area contributed by atoms with E-state index < -0.39 is 15.8 Å². The van der Waals surface area contributed by atoms with Gasteiger partial charge in [0.1, 0.15) is 5.82 Å². The molecule has 0 atom stereocenters. The minimum atomic E-state index is -3.73. The SMILES string of the molecule is Cc1c(N)cc(S(=O)(=O)NCC2CCOCC2)cc1F. The predicted octanol–water partition coefficient (Wildman–Crippen LogP) is 1.42. The first kappa shape index (κ1) is 15.2. The van der Waals surface area contributed by atoms with Crippen molar-refractivity contribution >= 4 is 15.7 Å². The number of nitrogen functional groups attached to an aromatic ring is 1. The highest BCUT2D eigenvalue weighted by molar-refractivity contribution is 7.89. The van der Waals surface area contributed by atoms with Gasteiger partial charge in [-0.25, -0.2) is 17.5 Å². The van der Waals surface area contributed by atoms with E-state index in [1.54, 1.807) is 0 Å². The van der Waals surface area contributed by atoms with E-state index in [4.69, 9.17) is 10.5 Å². The lowest BCUT2D eigenvalue weighted by Crippen LogP contribution is -2.32. The van der Waals surface area contributed by atoms with Gasteiger partial charge in [0.25, 0.3) is 0 Å². The van der Waals surface area contributed by atoms with Crippen molar-refractivity contribution in [3.8, 4) is 0 Å². The van der Waals surface area contributed by atoms with Crippen LogP contribution in [-0.4, -0.2) is 28.2 Å². The van der Waals surface area contributed by atoms with Gasteiger partial charge in [-0.05, 0) is 37.8 Å². The van der Waals surface area contributed by atoms with Crippen molar-refractivity contribution in [1.82, 2.24) is 4.72 Å². The average Bonchev–Trinajstić information content (AvgIpc) is 2.43. The van der Waals surface area contributed by atoms with Crippen LogP contribution in [0.15, 0.2) is 17.0 Å². The quantitative estimate of drug-likeness (QED) is 0.824. The number of sulfonamides is 1. The maximum Gasteiger partial charge on any atom is 0.240 e. The zero-order valence-corrected chi connectivity index (χ0v) is 12.2. The van der Waals surface area contributed by atoms with E-state index in [1.807, 2.05) is 0 Å². The van der Waals surface area contributed by atoms with E-state index in [0.29, 0.717) is 19.8 Å². The van der Waals surface area contributed by atoms with Gasteiger partial charge >= 0.3 is 0 Å². The van der Waals surface area contributed by atoms with Crippen LogP contribution in [-0.2, 0) is 14.8 Å². The van der Waals surface area contributed by atoms with Crippen molar-refractivity contribution in [2.75, 3.05) is 25.5 Å². The summed E-state index contributed by atoms with van der Waals surface area (Å²) in [6.45, 7) is 3.15. The summed E-state index contributed by atoms with van der Waals surface area (Å²) >= 11 is 0. The first-order valence-electron chi connectivity index (χ1n) is 6.53. The second-order valence-electron chi connectivity index (χ2n) is 5.03. The smallest absolute Gasteiger partial charge is 0.240 e. The summed E-state index contributed by atoms with van der Waals surface area (Å²) in [5.41, 5.74) is 6.00. The molecule has 1 saturated heterocycles. The van der Waals surface area contributed by atoms with Crippen molar-refractivity contribution in [3.05, 3.63) is 23.5 Å². The van der Waals surface area contributed by atoms with Crippen molar-refractivity contribution in [3.63, 3.8) is 0 Å². The molecule has 0 radical (unpaired) electrons. The number of hydrogen-bond donors (Lipinski definition) is 2. The van der Waals surface area contributed by atoms with Gasteiger partial charge in [0.2, 0.25) is 10.0 Å². The Labute approximate surface area is 118 Å². The number of hydrogen-bond acceptors (Lipinski definition) is 4. The largest absolute Gasteiger partial charge is 0.398 e. The van der Waals surface area contributed by atoms with E-state index in [9.17, 15) is 12.8 Å². The third-order valence-corrected chi connectivity index (χ3v) is 4.97. The number of nitrogens with two attached hydrogens (primary N) is 1. The number of anilines is 1. The molecule has 112 valence electrons. The highest BCUT2D eigenvalue weighted by Crippen LogP contribution is 2.21. The van der Waals surface area contributed by atoms with E-state index in [-0.39, 0.29) is 22.1 Å². The molecule has 0 bridgehead atoms. The first-order chi connectivity index (χ1) is 9.40. The Morgan fingerprint density at radius 2 is 2.05 bits per heavy atom. The van der Waals surface area contributed by atoms with Gasteiger partial charge in [-0.1, -0.05) is 0 Å². The van der Waals surface area contributed by atoms with Crippen LogP contribution in [0.3, 0.4) is 0 Å². The van der Waals surface area contributed by atoms with Crippen LogP contribution in [0.1, 0.15) is 18.4 Å². The van der Waals surface area contributed by atoms with E-state index in [2.05, 4.69) is 4.72 Å². The number of halogens is 1. The molecule has 1 aliphatic heterocycles. The zero-order chi connectivity index (χ0) is 14.8. The molecule has 0 amide bonds. The summed E-state index contributed by atoms with van der Waals surface area (Å²) in [7, 11) is -3.73. The van der Waals surface area contributed by atoms with Crippen molar-refractivity contribution in [2.24, 2.45) is 5.92 Å². The summed E-state index contributed by atoms with van der Waals surface area (Å²) in [5, 5.41) is 0. The lowest BCUT2D eigenvalue weighted by molar-refractivity contribution is 0.0678. The molecule has 1 aliphatic rings. The molecule has 0 spiro atoms. The fourth-order valence-corrected chi connectivity index (χ4v) is 3.25. The fourth-order valence-electron chi connectivity index (χ4n) is 2.09. The Morgan fingerprint density at radius 3 is 2.65 bits per heavy atom. The highest BCUT2D eigenvalue weighted by Gasteiger charge is 2.20. The van der Waals surface area contributed by atoms with Crippen LogP contribution in [0, 0.1) is 18.7 Å². The Morgan fingerprint density at radius 1 is 1.40 bits per heavy atom. The third kappa shape index (κ3) is 3.47.